The second kappa shape index (κ2) is 7.47. The lowest BCUT2D eigenvalue weighted by Crippen LogP contribution is -2.52. The van der Waals surface area contributed by atoms with Crippen molar-refractivity contribution >= 4 is 10.0 Å². The number of sulfonamides is 1. The van der Waals surface area contributed by atoms with Gasteiger partial charge in [0.2, 0.25) is 10.0 Å². The zero-order chi connectivity index (χ0) is 17.2. The predicted molar refractivity (Wildman–Crippen MR) is 94.3 cm³/mol. The Balaban J connectivity index is 1.54. The molecule has 0 unspecified atom stereocenters. The summed E-state index contributed by atoms with van der Waals surface area (Å²) in [6.07, 6.45) is 4.92. The molecule has 0 amide bonds. The van der Waals surface area contributed by atoms with Crippen molar-refractivity contribution in [2.75, 3.05) is 46.3 Å². The predicted octanol–water partition coefficient (Wildman–Crippen LogP) is 1.12. The van der Waals surface area contributed by atoms with E-state index in [-0.39, 0.29) is 0 Å². The zero-order valence-corrected chi connectivity index (χ0v) is 15.5. The molecule has 6 nitrogen and oxygen atoms in total. The fourth-order valence-electron chi connectivity index (χ4n) is 3.76. The SMILES string of the molecule is C[C@@H]1CN(C)CCN1CC1CCN(S(=O)(=O)c2cccnc2)CC1. The van der Waals surface area contributed by atoms with Crippen LogP contribution in [-0.2, 0) is 10.0 Å². The molecule has 2 aliphatic heterocycles. The lowest BCUT2D eigenvalue weighted by molar-refractivity contribution is 0.0750. The number of nitrogens with zero attached hydrogens (tertiary/aromatic N) is 4. The number of piperazine rings is 1. The Morgan fingerprint density at radius 2 is 1.96 bits per heavy atom. The third-order valence-corrected chi connectivity index (χ3v) is 7.19. The van der Waals surface area contributed by atoms with Crippen LogP contribution >= 0.6 is 0 Å². The average Bonchev–Trinajstić information content (AvgIpc) is 2.59. The van der Waals surface area contributed by atoms with Crippen LogP contribution in [0.1, 0.15) is 19.8 Å². The van der Waals surface area contributed by atoms with Gasteiger partial charge in [-0.25, -0.2) is 8.42 Å². The summed E-state index contributed by atoms with van der Waals surface area (Å²) < 4.78 is 26.9. The molecular weight excluding hydrogens is 324 g/mol. The summed E-state index contributed by atoms with van der Waals surface area (Å²) in [5.74, 6) is 0.594. The average molecular weight is 353 g/mol. The fraction of sp³-hybridized carbons (Fsp3) is 0.706. The minimum Gasteiger partial charge on any atom is -0.304 e. The van der Waals surface area contributed by atoms with E-state index in [0.29, 0.717) is 29.9 Å². The van der Waals surface area contributed by atoms with E-state index in [9.17, 15) is 8.42 Å². The highest BCUT2D eigenvalue weighted by Gasteiger charge is 2.31. The van der Waals surface area contributed by atoms with E-state index in [1.807, 2.05) is 0 Å². The molecule has 0 radical (unpaired) electrons. The first-order chi connectivity index (χ1) is 11.5. The number of aromatic nitrogens is 1. The van der Waals surface area contributed by atoms with E-state index < -0.39 is 10.0 Å². The van der Waals surface area contributed by atoms with Crippen LogP contribution in [-0.4, -0.2) is 79.9 Å². The Morgan fingerprint density at radius 1 is 1.21 bits per heavy atom. The summed E-state index contributed by atoms with van der Waals surface area (Å²) in [5, 5.41) is 0. The van der Waals surface area contributed by atoms with Gasteiger partial charge in [-0.2, -0.15) is 4.31 Å². The number of rotatable bonds is 4. The summed E-state index contributed by atoms with van der Waals surface area (Å²) in [6.45, 7) is 7.97. The van der Waals surface area contributed by atoms with E-state index in [1.54, 1.807) is 22.6 Å². The first-order valence-electron chi connectivity index (χ1n) is 8.79. The van der Waals surface area contributed by atoms with Gasteiger partial charge in [-0.05, 0) is 44.9 Å². The third kappa shape index (κ3) is 3.96. The Bertz CT molecular complexity index is 629. The van der Waals surface area contributed by atoms with Crippen molar-refractivity contribution in [1.82, 2.24) is 19.1 Å². The van der Waals surface area contributed by atoms with Crippen LogP contribution in [0.2, 0.25) is 0 Å². The number of pyridine rings is 1. The van der Waals surface area contributed by atoms with Gasteiger partial charge in [0.05, 0.1) is 0 Å². The van der Waals surface area contributed by atoms with Crippen molar-refractivity contribution in [3.63, 3.8) is 0 Å². The molecule has 0 aliphatic carbocycles. The Kier molecular flexibility index (Phi) is 5.54. The van der Waals surface area contributed by atoms with E-state index >= 15 is 0 Å². The zero-order valence-electron chi connectivity index (χ0n) is 14.6. The van der Waals surface area contributed by atoms with Crippen LogP contribution < -0.4 is 0 Å². The highest BCUT2D eigenvalue weighted by Crippen LogP contribution is 2.25. The summed E-state index contributed by atoms with van der Waals surface area (Å²) in [4.78, 5) is 9.18. The smallest absolute Gasteiger partial charge is 0.244 e. The molecule has 0 saturated carbocycles. The molecule has 0 N–H and O–H groups in total. The normalized spacial score (nSPS) is 25.8. The summed E-state index contributed by atoms with van der Waals surface area (Å²) in [7, 11) is -1.21. The molecule has 24 heavy (non-hydrogen) atoms. The molecule has 2 saturated heterocycles. The standard InChI is InChI=1S/C17H28N4O2S/c1-15-13-19(2)10-11-20(15)14-16-5-8-21(9-6-16)24(22,23)17-4-3-7-18-12-17/h3-4,7,12,15-16H,5-6,8-11,13-14H2,1-2H3/t15-/m1/s1. The van der Waals surface area contributed by atoms with E-state index in [1.165, 1.54) is 6.20 Å². The molecule has 1 atom stereocenters. The van der Waals surface area contributed by atoms with Crippen LogP contribution in [0, 0.1) is 5.92 Å². The van der Waals surface area contributed by atoms with Gasteiger partial charge >= 0.3 is 0 Å². The van der Waals surface area contributed by atoms with Gasteiger partial charge in [0.1, 0.15) is 4.90 Å². The van der Waals surface area contributed by atoms with Crippen molar-refractivity contribution in [3.8, 4) is 0 Å². The highest BCUT2D eigenvalue weighted by molar-refractivity contribution is 7.89. The molecular formula is C17H28N4O2S. The van der Waals surface area contributed by atoms with Gasteiger partial charge in [0, 0.05) is 57.7 Å². The molecule has 2 fully saturated rings. The Hall–Kier alpha value is -1.02. The van der Waals surface area contributed by atoms with Crippen molar-refractivity contribution in [1.29, 1.82) is 0 Å². The number of likely N-dealkylation sites (N-methyl/N-ethyl adjacent to an activating group) is 1. The van der Waals surface area contributed by atoms with Gasteiger partial charge in [-0.1, -0.05) is 0 Å². The summed E-state index contributed by atoms with van der Waals surface area (Å²) >= 11 is 0. The van der Waals surface area contributed by atoms with Gasteiger partial charge in [-0.3, -0.25) is 9.88 Å². The molecule has 2 aliphatic rings. The van der Waals surface area contributed by atoms with Gasteiger partial charge < -0.3 is 4.90 Å². The molecule has 7 heteroatoms. The van der Waals surface area contributed by atoms with Crippen LogP contribution in [0.25, 0.3) is 0 Å². The van der Waals surface area contributed by atoms with Crippen molar-refractivity contribution in [3.05, 3.63) is 24.5 Å². The van der Waals surface area contributed by atoms with Crippen LogP contribution in [0.3, 0.4) is 0 Å². The highest BCUT2D eigenvalue weighted by atomic mass is 32.2. The van der Waals surface area contributed by atoms with Crippen LogP contribution in [0.4, 0.5) is 0 Å². The van der Waals surface area contributed by atoms with Gasteiger partial charge in [0.25, 0.3) is 0 Å². The van der Waals surface area contributed by atoms with Gasteiger partial charge in [0.15, 0.2) is 0 Å². The maximum Gasteiger partial charge on any atom is 0.244 e. The van der Waals surface area contributed by atoms with Crippen LogP contribution in [0.5, 0.6) is 0 Å². The van der Waals surface area contributed by atoms with E-state index in [2.05, 4.69) is 28.8 Å². The molecule has 0 spiro atoms. The number of hydrogen-bond donors (Lipinski definition) is 0. The van der Waals surface area contributed by atoms with E-state index in [0.717, 1.165) is 39.0 Å². The van der Waals surface area contributed by atoms with Crippen LogP contribution in [0.15, 0.2) is 29.4 Å². The molecule has 0 aromatic carbocycles. The minimum atomic E-state index is -3.39. The monoisotopic (exact) mass is 352 g/mol. The molecule has 1 aromatic heterocycles. The Morgan fingerprint density at radius 3 is 2.58 bits per heavy atom. The van der Waals surface area contributed by atoms with Crippen molar-refractivity contribution in [2.24, 2.45) is 5.92 Å². The summed E-state index contributed by atoms with van der Waals surface area (Å²) in [6, 6.07) is 3.88. The second-order valence-electron chi connectivity index (χ2n) is 7.14. The quantitative estimate of drug-likeness (QED) is 0.813. The number of piperidine rings is 1. The largest absolute Gasteiger partial charge is 0.304 e. The van der Waals surface area contributed by atoms with Crippen molar-refractivity contribution < 1.29 is 8.42 Å². The topological polar surface area (TPSA) is 56.8 Å². The number of hydrogen-bond acceptors (Lipinski definition) is 5. The molecule has 0 bridgehead atoms. The summed E-state index contributed by atoms with van der Waals surface area (Å²) in [5.41, 5.74) is 0. The fourth-order valence-corrected chi connectivity index (χ4v) is 5.20. The van der Waals surface area contributed by atoms with Crippen molar-refractivity contribution in [2.45, 2.75) is 30.7 Å². The Labute approximate surface area is 145 Å². The second-order valence-corrected chi connectivity index (χ2v) is 9.08. The molecule has 3 heterocycles. The van der Waals surface area contributed by atoms with E-state index in [4.69, 9.17) is 0 Å². The molecule has 1 aromatic rings. The van der Waals surface area contributed by atoms with Gasteiger partial charge in [-0.15, -0.1) is 0 Å². The lowest BCUT2D eigenvalue weighted by Gasteiger charge is -2.41. The minimum absolute atomic E-state index is 0.302. The molecule has 3 rings (SSSR count). The maximum atomic E-state index is 12.6. The third-order valence-electron chi connectivity index (χ3n) is 5.31. The molecule has 134 valence electrons. The first-order valence-corrected chi connectivity index (χ1v) is 10.2. The lowest BCUT2D eigenvalue weighted by atomic mass is 9.96. The maximum absolute atomic E-state index is 12.6. The first kappa shape index (κ1) is 17.8.